The van der Waals surface area contributed by atoms with Crippen molar-refractivity contribution in [2.24, 2.45) is 5.92 Å². The van der Waals surface area contributed by atoms with Crippen LogP contribution in [-0.4, -0.2) is 37.6 Å². The molecule has 0 atom stereocenters. The topological polar surface area (TPSA) is 95.6 Å². The molecule has 0 bridgehead atoms. The van der Waals surface area contributed by atoms with Crippen LogP contribution in [0.25, 0.3) is 0 Å². The fourth-order valence-electron chi connectivity index (χ4n) is 3.93. The largest absolute Gasteiger partial charge is 0.352 e. The van der Waals surface area contributed by atoms with E-state index in [1.807, 2.05) is 24.3 Å². The Hall–Kier alpha value is -2.71. The minimum Gasteiger partial charge on any atom is -0.352 e. The third-order valence-electron chi connectivity index (χ3n) is 6.18. The number of nitrogens with zero attached hydrogens (tertiary/aromatic N) is 1. The number of aryl methyl sites for hydroxylation is 1. The summed E-state index contributed by atoms with van der Waals surface area (Å²) in [7, 11) is -3.43. The quantitative estimate of drug-likeness (QED) is 0.588. The van der Waals surface area contributed by atoms with E-state index in [0.29, 0.717) is 37.4 Å². The Kier molecular flexibility index (Phi) is 7.45. The lowest BCUT2D eigenvalue weighted by Gasteiger charge is -2.25. The van der Waals surface area contributed by atoms with Crippen molar-refractivity contribution in [1.29, 1.82) is 0 Å². The molecule has 1 aliphatic heterocycles. The van der Waals surface area contributed by atoms with Crippen LogP contribution in [0.15, 0.2) is 53.4 Å². The molecule has 0 spiro atoms. The fourth-order valence-corrected chi connectivity index (χ4v) is 5.44. The van der Waals surface area contributed by atoms with Gasteiger partial charge in [0, 0.05) is 37.7 Å². The maximum absolute atomic E-state index is 12.7. The van der Waals surface area contributed by atoms with E-state index in [1.165, 1.54) is 0 Å². The van der Waals surface area contributed by atoms with Crippen LogP contribution in [0.3, 0.4) is 0 Å². The van der Waals surface area contributed by atoms with Crippen LogP contribution in [0.4, 0.5) is 5.69 Å². The van der Waals surface area contributed by atoms with E-state index in [4.69, 9.17) is 0 Å². The van der Waals surface area contributed by atoms with Gasteiger partial charge < -0.3 is 10.6 Å². The summed E-state index contributed by atoms with van der Waals surface area (Å²) in [6.45, 7) is 1.59. The van der Waals surface area contributed by atoms with Crippen molar-refractivity contribution in [1.82, 2.24) is 9.62 Å². The third-order valence-corrected chi connectivity index (χ3v) is 8.09. The number of carbonyl (C=O) groups excluding carboxylic acids is 2. The fraction of sp³-hybridized carbons (Fsp3) is 0.440. The summed E-state index contributed by atoms with van der Waals surface area (Å²) < 4.78 is 27.0. The minimum atomic E-state index is -3.43. The number of hydrogen-bond donors (Lipinski definition) is 2. The van der Waals surface area contributed by atoms with Crippen molar-refractivity contribution in [3.05, 3.63) is 59.7 Å². The molecule has 0 radical (unpaired) electrons. The summed E-state index contributed by atoms with van der Waals surface area (Å²) in [4.78, 5) is 24.4. The van der Waals surface area contributed by atoms with E-state index < -0.39 is 10.0 Å². The number of nitrogens with one attached hydrogen (secondary N) is 2. The second-order valence-corrected chi connectivity index (χ2v) is 10.8. The van der Waals surface area contributed by atoms with Crippen LogP contribution in [0, 0.1) is 5.92 Å². The molecule has 1 heterocycles. The monoisotopic (exact) mass is 469 g/mol. The Balaban J connectivity index is 1.21. The van der Waals surface area contributed by atoms with Crippen molar-refractivity contribution in [2.45, 2.75) is 56.4 Å². The first-order valence-corrected chi connectivity index (χ1v) is 13.1. The number of benzene rings is 2. The molecule has 2 N–H and O–H groups in total. The second kappa shape index (κ2) is 10.5. The molecule has 1 saturated heterocycles. The first kappa shape index (κ1) is 23.4. The van der Waals surface area contributed by atoms with Crippen LogP contribution in [0.5, 0.6) is 0 Å². The molecule has 176 valence electrons. The SMILES string of the molecule is O=C(CCc1ccc(S(=O)(=O)N2CCCCC2)cc1)NCc1ccc(NC(=O)C2CC2)cc1. The predicted molar refractivity (Wildman–Crippen MR) is 127 cm³/mol. The van der Waals surface area contributed by atoms with Crippen LogP contribution < -0.4 is 10.6 Å². The number of rotatable bonds is 9. The van der Waals surface area contributed by atoms with E-state index in [9.17, 15) is 18.0 Å². The van der Waals surface area contributed by atoms with Gasteiger partial charge in [-0.1, -0.05) is 30.7 Å². The lowest BCUT2D eigenvalue weighted by molar-refractivity contribution is -0.121. The Morgan fingerprint density at radius 3 is 2.15 bits per heavy atom. The van der Waals surface area contributed by atoms with E-state index in [0.717, 1.165) is 48.9 Å². The lowest BCUT2D eigenvalue weighted by atomic mass is 10.1. The van der Waals surface area contributed by atoms with Crippen LogP contribution in [0.2, 0.25) is 0 Å². The molecular weight excluding hydrogens is 438 g/mol. The molecule has 2 amide bonds. The average molecular weight is 470 g/mol. The zero-order valence-corrected chi connectivity index (χ0v) is 19.6. The van der Waals surface area contributed by atoms with Gasteiger partial charge in [-0.3, -0.25) is 9.59 Å². The highest BCUT2D eigenvalue weighted by Gasteiger charge is 2.29. The normalized spacial score (nSPS) is 16.8. The van der Waals surface area contributed by atoms with Gasteiger partial charge in [0.2, 0.25) is 21.8 Å². The molecule has 2 aromatic carbocycles. The summed E-state index contributed by atoms with van der Waals surface area (Å²) >= 11 is 0. The molecule has 0 aromatic heterocycles. The van der Waals surface area contributed by atoms with E-state index in [2.05, 4.69) is 10.6 Å². The van der Waals surface area contributed by atoms with Crippen LogP contribution >= 0.6 is 0 Å². The zero-order valence-electron chi connectivity index (χ0n) is 18.8. The number of piperidine rings is 1. The molecule has 2 fully saturated rings. The summed E-state index contributed by atoms with van der Waals surface area (Å²) in [5.41, 5.74) is 2.66. The predicted octanol–water partition coefficient (Wildman–Crippen LogP) is 3.46. The van der Waals surface area contributed by atoms with Gasteiger partial charge in [0.1, 0.15) is 0 Å². The lowest BCUT2D eigenvalue weighted by Crippen LogP contribution is -2.35. The Labute approximate surface area is 195 Å². The molecule has 0 unspecified atom stereocenters. The summed E-state index contributed by atoms with van der Waals surface area (Å²) in [6.07, 6.45) is 5.71. The number of amides is 2. The summed E-state index contributed by atoms with van der Waals surface area (Å²) in [5, 5.41) is 5.81. The molecule has 1 saturated carbocycles. The highest BCUT2D eigenvalue weighted by atomic mass is 32.2. The van der Waals surface area contributed by atoms with Crippen LogP contribution in [-0.2, 0) is 32.6 Å². The molecule has 4 rings (SSSR count). The van der Waals surface area contributed by atoms with Gasteiger partial charge in [0.15, 0.2) is 0 Å². The molecule has 2 aromatic rings. The number of anilines is 1. The van der Waals surface area contributed by atoms with Gasteiger partial charge in [-0.05, 0) is 67.5 Å². The number of carbonyl (C=O) groups is 2. The standard InChI is InChI=1S/C25H31N3O4S/c29-24(26-18-20-4-11-22(12-5-20)27-25(30)21-9-10-21)15-8-19-6-13-23(14-7-19)33(31,32)28-16-2-1-3-17-28/h4-7,11-14,21H,1-3,8-10,15-18H2,(H,26,29)(H,27,30). The first-order chi connectivity index (χ1) is 15.9. The number of hydrogen-bond acceptors (Lipinski definition) is 4. The van der Waals surface area contributed by atoms with Gasteiger partial charge in [0.25, 0.3) is 0 Å². The van der Waals surface area contributed by atoms with Crippen LogP contribution in [0.1, 0.15) is 49.7 Å². The summed E-state index contributed by atoms with van der Waals surface area (Å²) in [6, 6.07) is 14.3. The Morgan fingerprint density at radius 2 is 1.52 bits per heavy atom. The minimum absolute atomic E-state index is 0.0638. The Morgan fingerprint density at radius 1 is 0.879 bits per heavy atom. The molecule has 1 aliphatic carbocycles. The van der Waals surface area contributed by atoms with Gasteiger partial charge >= 0.3 is 0 Å². The maximum Gasteiger partial charge on any atom is 0.243 e. The van der Waals surface area contributed by atoms with Gasteiger partial charge in [-0.15, -0.1) is 0 Å². The number of sulfonamides is 1. The van der Waals surface area contributed by atoms with Gasteiger partial charge in [-0.25, -0.2) is 8.42 Å². The van der Waals surface area contributed by atoms with E-state index in [-0.39, 0.29) is 17.7 Å². The molecule has 8 heteroatoms. The first-order valence-electron chi connectivity index (χ1n) is 11.7. The third kappa shape index (κ3) is 6.42. The van der Waals surface area contributed by atoms with Gasteiger partial charge in [-0.2, -0.15) is 4.31 Å². The highest BCUT2D eigenvalue weighted by Crippen LogP contribution is 2.30. The molecule has 7 nitrogen and oxygen atoms in total. The molecular formula is C25H31N3O4S. The Bertz CT molecular complexity index is 1070. The van der Waals surface area contributed by atoms with E-state index in [1.54, 1.807) is 28.6 Å². The zero-order chi connectivity index (χ0) is 23.3. The molecule has 2 aliphatic rings. The highest BCUT2D eigenvalue weighted by molar-refractivity contribution is 7.89. The maximum atomic E-state index is 12.7. The van der Waals surface area contributed by atoms with E-state index >= 15 is 0 Å². The van der Waals surface area contributed by atoms with Crippen molar-refractivity contribution in [3.8, 4) is 0 Å². The van der Waals surface area contributed by atoms with Crippen molar-refractivity contribution in [2.75, 3.05) is 18.4 Å². The smallest absolute Gasteiger partial charge is 0.243 e. The van der Waals surface area contributed by atoms with Crippen molar-refractivity contribution >= 4 is 27.5 Å². The summed E-state index contributed by atoms with van der Waals surface area (Å²) in [5.74, 6) is 0.179. The van der Waals surface area contributed by atoms with Crippen molar-refractivity contribution in [3.63, 3.8) is 0 Å². The second-order valence-electron chi connectivity index (χ2n) is 8.85. The van der Waals surface area contributed by atoms with Crippen molar-refractivity contribution < 1.29 is 18.0 Å². The molecule has 33 heavy (non-hydrogen) atoms. The average Bonchev–Trinajstić information content (AvgIpc) is 3.69. The van der Waals surface area contributed by atoms with Gasteiger partial charge in [0.05, 0.1) is 4.90 Å².